The molecule has 0 heterocycles. The third-order valence-corrected chi connectivity index (χ3v) is 3.08. The summed E-state index contributed by atoms with van der Waals surface area (Å²) >= 11 is 3.46. The maximum absolute atomic E-state index is 5.49. The van der Waals surface area contributed by atoms with Gasteiger partial charge in [-0.3, -0.25) is 11.3 Å². The molecule has 1 aromatic rings. The summed E-state index contributed by atoms with van der Waals surface area (Å²) in [5.41, 5.74) is 3.94. The predicted octanol–water partition coefficient (Wildman–Crippen LogP) is 1.87. The van der Waals surface area contributed by atoms with Crippen molar-refractivity contribution in [3.63, 3.8) is 0 Å². The van der Waals surface area contributed by atoms with E-state index in [9.17, 15) is 0 Å². The van der Waals surface area contributed by atoms with Crippen LogP contribution in [-0.4, -0.2) is 26.4 Å². The summed E-state index contributed by atoms with van der Waals surface area (Å²) in [7, 11) is 1.65. The third kappa shape index (κ3) is 4.63. The number of halogens is 1. The summed E-state index contributed by atoms with van der Waals surface area (Å²) in [6.45, 7) is 3.28. The van der Waals surface area contributed by atoms with Crippen LogP contribution in [0.4, 0.5) is 0 Å². The van der Waals surface area contributed by atoms with Gasteiger partial charge >= 0.3 is 0 Å². The average Bonchev–Trinajstić information content (AvgIpc) is 2.34. The van der Waals surface area contributed by atoms with Crippen LogP contribution in [0.15, 0.2) is 22.7 Å². The third-order valence-electron chi connectivity index (χ3n) is 2.46. The van der Waals surface area contributed by atoms with Gasteiger partial charge in [-0.1, -0.05) is 6.07 Å². The second kappa shape index (κ2) is 7.66. The van der Waals surface area contributed by atoms with Gasteiger partial charge in [0.05, 0.1) is 18.2 Å². The molecule has 0 bridgehead atoms. The standard InChI is InChI=1S/C12H19BrN2O2/c1-3-17-8-10(15-14)6-9-4-5-12(16-2)11(13)7-9/h4-5,7,10,15H,3,6,8,14H2,1-2H3. The first-order chi connectivity index (χ1) is 8.21. The van der Waals surface area contributed by atoms with Gasteiger partial charge in [0, 0.05) is 12.6 Å². The molecule has 0 saturated heterocycles. The van der Waals surface area contributed by atoms with Gasteiger partial charge < -0.3 is 9.47 Å². The second-order valence-electron chi connectivity index (χ2n) is 3.70. The Bertz CT molecular complexity index is 347. The number of rotatable bonds is 7. The molecule has 1 unspecified atom stereocenters. The topological polar surface area (TPSA) is 56.5 Å². The van der Waals surface area contributed by atoms with Crippen molar-refractivity contribution in [2.45, 2.75) is 19.4 Å². The molecule has 0 radical (unpaired) electrons. The van der Waals surface area contributed by atoms with Crippen LogP contribution < -0.4 is 16.0 Å². The van der Waals surface area contributed by atoms with Crippen molar-refractivity contribution in [3.8, 4) is 5.75 Å². The van der Waals surface area contributed by atoms with Gasteiger partial charge in [-0.25, -0.2) is 0 Å². The molecule has 0 aliphatic rings. The SMILES string of the molecule is CCOCC(Cc1ccc(OC)c(Br)c1)NN. The summed E-state index contributed by atoms with van der Waals surface area (Å²) in [5, 5.41) is 0. The van der Waals surface area contributed by atoms with Gasteiger partial charge in [0.15, 0.2) is 0 Å². The van der Waals surface area contributed by atoms with Crippen molar-refractivity contribution in [1.29, 1.82) is 0 Å². The van der Waals surface area contributed by atoms with Crippen molar-refractivity contribution in [2.75, 3.05) is 20.3 Å². The highest BCUT2D eigenvalue weighted by atomic mass is 79.9. The minimum atomic E-state index is 0.121. The molecule has 96 valence electrons. The molecule has 1 atom stereocenters. The molecular weight excluding hydrogens is 284 g/mol. The van der Waals surface area contributed by atoms with E-state index < -0.39 is 0 Å². The molecule has 4 nitrogen and oxygen atoms in total. The van der Waals surface area contributed by atoms with Gasteiger partial charge in [-0.2, -0.15) is 0 Å². The average molecular weight is 303 g/mol. The number of benzene rings is 1. The van der Waals surface area contributed by atoms with Crippen LogP contribution >= 0.6 is 15.9 Å². The maximum Gasteiger partial charge on any atom is 0.133 e. The highest BCUT2D eigenvalue weighted by Crippen LogP contribution is 2.25. The van der Waals surface area contributed by atoms with Gasteiger partial charge in [-0.05, 0) is 47.0 Å². The summed E-state index contributed by atoms with van der Waals surface area (Å²) in [5.74, 6) is 6.32. The molecule has 0 fully saturated rings. The Morgan fingerprint density at radius 3 is 2.76 bits per heavy atom. The van der Waals surface area contributed by atoms with Crippen LogP contribution in [0.5, 0.6) is 5.75 Å². The maximum atomic E-state index is 5.49. The second-order valence-corrected chi connectivity index (χ2v) is 4.55. The Labute approximate surface area is 111 Å². The predicted molar refractivity (Wildman–Crippen MR) is 72.0 cm³/mol. The van der Waals surface area contributed by atoms with Gasteiger partial charge in [0.25, 0.3) is 0 Å². The smallest absolute Gasteiger partial charge is 0.133 e. The quantitative estimate of drug-likeness (QED) is 0.596. The van der Waals surface area contributed by atoms with E-state index in [0.717, 1.165) is 16.6 Å². The lowest BCUT2D eigenvalue weighted by molar-refractivity contribution is 0.123. The molecule has 0 amide bonds. The van der Waals surface area contributed by atoms with Gasteiger partial charge in [-0.15, -0.1) is 0 Å². The fourth-order valence-electron chi connectivity index (χ4n) is 1.55. The number of methoxy groups -OCH3 is 1. The molecule has 17 heavy (non-hydrogen) atoms. The van der Waals surface area contributed by atoms with Crippen LogP contribution in [0.2, 0.25) is 0 Å². The van der Waals surface area contributed by atoms with E-state index in [1.54, 1.807) is 7.11 Å². The largest absolute Gasteiger partial charge is 0.496 e. The normalized spacial score (nSPS) is 12.5. The number of ether oxygens (including phenoxy) is 2. The number of hydrazine groups is 1. The number of hydrogen-bond donors (Lipinski definition) is 2. The molecular formula is C12H19BrN2O2. The molecule has 0 aromatic heterocycles. The Morgan fingerprint density at radius 2 is 2.24 bits per heavy atom. The summed E-state index contributed by atoms with van der Waals surface area (Å²) in [4.78, 5) is 0. The molecule has 0 saturated carbocycles. The minimum Gasteiger partial charge on any atom is -0.496 e. The summed E-state index contributed by atoms with van der Waals surface area (Å²) < 4.78 is 11.5. The first kappa shape index (κ1) is 14.4. The highest BCUT2D eigenvalue weighted by molar-refractivity contribution is 9.10. The molecule has 1 rings (SSSR count). The molecule has 5 heteroatoms. The van der Waals surface area contributed by atoms with E-state index in [-0.39, 0.29) is 6.04 Å². The fourth-order valence-corrected chi connectivity index (χ4v) is 2.14. The van der Waals surface area contributed by atoms with Crippen LogP contribution in [0.25, 0.3) is 0 Å². The van der Waals surface area contributed by atoms with E-state index in [2.05, 4.69) is 21.4 Å². The van der Waals surface area contributed by atoms with Crippen LogP contribution in [0, 0.1) is 0 Å². The zero-order chi connectivity index (χ0) is 12.7. The molecule has 0 aliphatic heterocycles. The first-order valence-corrected chi connectivity index (χ1v) is 6.36. The molecule has 0 aliphatic carbocycles. The first-order valence-electron chi connectivity index (χ1n) is 5.57. The highest BCUT2D eigenvalue weighted by Gasteiger charge is 2.09. The van der Waals surface area contributed by atoms with E-state index >= 15 is 0 Å². The van der Waals surface area contributed by atoms with Crippen molar-refractivity contribution in [2.24, 2.45) is 5.84 Å². The van der Waals surface area contributed by atoms with Crippen molar-refractivity contribution in [3.05, 3.63) is 28.2 Å². The Morgan fingerprint density at radius 1 is 1.47 bits per heavy atom. The summed E-state index contributed by atoms with van der Waals surface area (Å²) in [6, 6.07) is 6.12. The lowest BCUT2D eigenvalue weighted by Crippen LogP contribution is -2.40. The lowest BCUT2D eigenvalue weighted by atomic mass is 10.1. The molecule has 1 aromatic carbocycles. The van der Waals surface area contributed by atoms with Crippen LogP contribution in [0.3, 0.4) is 0 Å². The Hall–Kier alpha value is -0.620. The van der Waals surface area contributed by atoms with E-state index in [0.29, 0.717) is 13.2 Å². The van der Waals surface area contributed by atoms with Gasteiger partial charge in [0.1, 0.15) is 5.75 Å². The number of hydrogen-bond acceptors (Lipinski definition) is 4. The Kier molecular flexibility index (Phi) is 6.50. The van der Waals surface area contributed by atoms with E-state index in [4.69, 9.17) is 15.3 Å². The minimum absolute atomic E-state index is 0.121. The number of nitrogens with one attached hydrogen (secondary N) is 1. The van der Waals surface area contributed by atoms with Crippen molar-refractivity contribution in [1.82, 2.24) is 5.43 Å². The summed E-state index contributed by atoms with van der Waals surface area (Å²) in [6.07, 6.45) is 0.819. The zero-order valence-corrected chi connectivity index (χ0v) is 11.8. The zero-order valence-electron chi connectivity index (χ0n) is 10.2. The van der Waals surface area contributed by atoms with Crippen LogP contribution in [-0.2, 0) is 11.2 Å². The Balaban J connectivity index is 2.63. The monoisotopic (exact) mass is 302 g/mol. The molecule has 3 N–H and O–H groups in total. The van der Waals surface area contributed by atoms with Crippen LogP contribution in [0.1, 0.15) is 12.5 Å². The van der Waals surface area contributed by atoms with E-state index in [1.165, 1.54) is 5.56 Å². The van der Waals surface area contributed by atoms with E-state index in [1.807, 2.05) is 25.1 Å². The number of nitrogens with two attached hydrogens (primary N) is 1. The van der Waals surface area contributed by atoms with Gasteiger partial charge in [0.2, 0.25) is 0 Å². The van der Waals surface area contributed by atoms with Crippen molar-refractivity contribution >= 4 is 15.9 Å². The lowest BCUT2D eigenvalue weighted by Gasteiger charge is -2.16. The fraction of sp³-hybridized carbons (Fsp3) is 0.500. The molecule has 0 spiro atoms. The van der Waals surface area contributed by atoms with Crippen molar-refractivity contribution < 1.29 is 9.47 Å².